The van der Waals surface area contributed by atoms with Crippen LogP contribution in [0.15, 0.2) is 22.9 Å². The molecule has 1 N–H and O–H groups in total. The first-order valence-electron chi connectivity index (χ1n) is 6.05. The van der Waals surface area contributed by atoms with Gasteiger partial charge in [-0.3, -0.25) is 9.78 Å². The summed E-state index contributed by atoms with van der Waals surface area (Å²) in [6, 6.07) is 1.76. The minimum absolute atomic E-state index is 0.322. The van der Waals surface area contributed by atoms with Gasteiger partial charge >= 0.3 is 5.97 Å². The zero-order valence-electron chi connectivity index (χ0n) is 10.6. The van der Waals surface area contributed by atoms with Crippen LogP contribution in [0.2, 0.25) is 0 Å². The van der Waals surface area contributed by atoms with E-state index < -0.39 is 12.0 Å². The van der Waals surface area contributed by atoms with Crippen molar-refractivity contribution in [2.45, 2.75) is 32.8 Å². The van der Waals surface area contributed by atoms with Crippen LogP contribution in [0.1, 0.15) is 38.4 Å². The van der Waals surface area contributed by atoms with E-state index in [4.69, 9.17) is 4.74 Å². The maximum absolute atomic E-state index is 11.8. The molecule has 2 atom stereocenters. The highest BCUT2D eigenvalue weighted by molar-refractivity contribution is 9.10. The number of esters is 1. The molecule has 0 aliphatic heterocycles. The zero-order valence-corrected chi connectivity index (χ0v) is 12.2. The van der Waals surface area contributed by atoms with E-state index in [1.807, 2.05) is 6.92 Å². The van der Waals surface area contributed by atoms with Crippen molar-refractivity contribution >= 4 is 21.9 Å². The molecule has 0 bridgehead atoms. The Morgan fingerprint density at radius 1 is 1.50 bits per heavy atom. The van der Waals surface area contributed by atoms with Crippen LogP contribution in [0.5, 0.6) is 0 Å². The molecule has 0 saturated heterocycles. The molecule has 1 aromatic rings. The van der Waals surface area contributed by atoms with Gasteiger partial charge in [-0.15, -0.1) is 0 Å². The number of hydrogen-bond acceptors (Lipinski definition) is 4. The Morgan fingerprint density at radius 2 is 2.22 bits per heavy atom. The van der Waals surface area contributed by atoms with Crippen molar-refractivity contribution in [1.29, 1.82) is 0 Å². The summed E-state index contributed by atoms with van der Waals surface area (Å²) in [7, 11) is 0. The fourth-order valence-electron chi connectivity index (χ4n) is 1.79. The molecule has 100 valence electrons. The number of aromatic nitrogens is 1. The number of carbonyl (C=O) groups excluding carboxylic acids is 1. The van der Waals surface area contributed by atoms with Crippen LogP contribution in [0.4, 0.5) is 0 Å². The Hall–Kier alpha value is -0.940. The van der Waals surface area contributed by atoms with Gasteiger partial charge in [-0.1, -0.05) is 13.3 Å². The van der Waals surface area contributed by atoms with Gasteiger partial charge in [0.25, 0.3) is 0 Å². The third-order valence-corrected chi connectivity index (χ3v) is 3.07. The van der Waals surface area contributed by atoms with Crippen LogP contribution >= 0.6 is 15.9 Å². The number of aliphatic hydroxyl groups excluding tert-OH is 1. The second-order valence-corrected chi connectivity index (χ2v) is 4.94. The van der Waals surface area contributed by atoms with Gasteiger partial charge in [0.2, 0.25) is 0 Å². The smallest absolute Gasteiger partial charge is 0.311 e. The zero-order chi connectivity index (χ0) is 13.5. The second-order valence-electron chi connectivity index (χ2n) is 4.03. The third-order valence-electron chi connectivity index (χ3n) is 2.64. The van der Waals surface area contributed by atoms with Crippen molar-refractivity contribution in [3.63, 3.8) is 0 Å². The monoisotopic (exact) mass is 315 g/mol. The maximum Gasteiger partial charge on any atom is 0.311 e. The van der Waals surface area contributed by atoms with Crippen LogP contribution in [-0.2, 0) is 9.53 Å². The summed E-state index contributed by atoms with van der Waals surface area (Å²) < 4.78 is 5.77. The number of aliphatic hydroxyl groups is 1. The molecule has 0 fully saturated rings. The molecule has 0 aliphatic rings. The van der Waals surface area contributed by atoms with E-state index in [-0.39, 0.29) is 5.97 Å². The summed E-state index contributed by atoms with van der Waals surface area (Å²) in [6.45, 7) is 4.05. The van der Waals surface area contributed by atoms with Crippen molar-refractivity contribution in [3.05, 3.63) is 28.5 Å². The average molecular weight is 316 g/mol. The first kappa shape index (κ1) is 15.1. The molecule has 1 aromatic heterocycles. The quantitative estimate of drug-likeness (QED) is 0.820. The molecule has 1 rings (SSSR count). The molecule has 1 heterocycles. The van der Waals surface area contributed by atoms with Gasteiger partial charge in [-0.05, 0) is 35.3 Å². The summed E-state index contributed by atoms with van der Waals surface area (Å²) in [4.78, 5) is 15.8. The number of pyridine rings is 1. The third kappa shape index (κ3) is 4.07. The van der Waals surface area contributed by atoms with E-state index in [1.54, 1.807) is 25.4 Å². The Balaban J connectivity index is 2.88. The molecule has 0 spiro atoms. The Labute approximate surface area is 116 Å². The normalized spacial score (nSPS) is 14.0. The number of hydrogen-bond donors (Lipinski definition) is 1. The van der Waals surface area contributed by atoms with Gasteiger partial charge in [0.15, 0.2) is 0 Å². The van der Waals surface area contributed by atoms with Crippen LogP contribution in [-0.4, -0.2) is 22.7 Å². The van der Waals surface area contributed by atoms with Crippen LogP contribution in [0, 0.1) is 5.92 Å². The molecule has 5 heteroatoms. The number of ether oxygens (including phenoxy) is 1. The minimum atomic E-state index is -0.881. The predicted octanol–water partition coefficient (Wildman–Crippen LogP) is 2.86. The average Bonchev–Trinajstić information content (AvgIpc) is 2.35. The summed E-state index contributed by atoms with van der Waals surface area (Å²) >= 11 is 3.30. The molecular formula is C13H18BrNO3. The highest BCUT2D eigenvalue weighted by Gasteiger charge is 2.28. The number of halogens is 1. The largest absolute Gasteiger partial charge is 0.466 e. The van der Waals surface area contributed by atoms with Crippen molar-refractivity contribution in [2.24, 2.45) is 5.92 Å². The Morgan fingerprint density at radius 3 is 2.78 bits per heavy atom. The molecule has 0 saturated carbocycles. The van der Waals surface area contributed by atoms with Gasteiger partial charge < -0.3 is 9.84 Å². The lowest BCUT2D eigenvalue weighted by molar-refractivity contribution is -0.152. The molecule has 0 amide bonds. The van der Waals surface area contributed by atoms with Crippen LogP contribution < -0.4 is 0 Å². The van der Waals surface area contributed by atoms with E-state index >= 15 is 0 Å². The van der Waals surface area contributed by atoms with Crippen molar-refractivity contribution in [3.8, 4) is 0 Å². The van der Waals surface area contributed by atoms with Gasteiger partial charge in [-0.25, -0.2) is 0 Å². The SMILES string of the molecule is CCCC(C(=O)OCC)C(O)c1cncc(Br)c1. The number of nitrogens with zero attached hydrogens (tertiary/aromatic N) is 1. The molecule has 4 nitrogen and oxygen atoms in total. The standard InChI is InChI=1S/C13H18BrNO3/c1-3-5-11(13(17)18-4-2)12(16)9-6-10(14)8-15-7-9/h6-8,11-12,16H,3-5H2,1-2H3. The molecular weight excluding hydrogens is 298 g/mol. The predicted molar refractivity (Wildman–Crippen MR) is 71.9 cm³/mol. The maximum atomic E-state index is 11.8. The fourth-order valence-corrected chi connectivity index (χ4v) is 2.17. The van der Waals surface area contributed by atoms with Gasteiger partial charge in [-0.2, -0.15) is 0 Å². The summed E-state index contributed by atoms with van der Waals surface area (Å²) in [6.07, 6.45) is 3.72. The Bertz CT molecular complexity index is 398. The van der Waals surface area contributed by atoms with E-state index in [0.29, 0.717) is 18.6 Å². The topological polar surface area (TPSA) is 59.4 Å². The number of rotatable bonds is 6. The van der Waals surface area contributed by atoms with Crippen molar-refractivity contribution < 1.29 is 14.6 Å². The van der Waals surface area contributed by atoms with E-state index in [2.05, 4.69) is 20.9 Å². The first-order valence-corrected chi connectivity index (χ1v) is 6.84. The molecule has 2 unspecified atom stereocenters. The van der Waals surface area contributed by atoms with E-state index in [9.17, 15) is 9.90 Å². The highest BCUT2D eigenvalue weighted by Crippen LogP contribution is 2.28. The molecule has 18 heavy (non-hydrogen) atoms. The lowest BCUT2D eigenvalue weighted by atomic mass is 9.93. The van der Waals surface area contributed by atoms with Gasteiger partial charge in [0.1, 0.15) is 0 Å². The van der Waals surface area contributed by atoms with E-state index in [1.165, 1.54) is 0 Å². The summed E-state index contributed by atoms with van der Waals surface area (Å²) in [5.41, 5.74) is 0.621. The summed E-state index contributed by atoms with van der Waals surface area (Å²) in [5, 5.41) is 10.3. The minimum Gasteiger partial charge on any atom is -0.466 e. The van der Waals surface area contributed by atoms with Crippen LogP contribution in [0.25, 0.3) is 0 Å². The van der Waals surface area contributed by atoms with Crippen molar-refractivity contribution in [2.75, 3.05) is 6.61 Å². The Kier molecular flexibility index (Phi) is 6.29. The fraction of sp³-hybridized carbons (Fsp3) is 0.538. The van der Waals surface area contributed by atoms with Gasteiger partial charge in [0, 0.05) is 22.4 Å². The summed E-state index contributed by atoms with van der Waals surface area (Å²) in [5.74, 6) is -0.891. The van der Waals surface area contributed by atoms with Crippen molar-refractivity contribution in [1.82, 2.24) is 4.98 Å². The molecule has 0 aromatic carbocycles. The highest BCUT2D eigenvalue weighted by atomic mass is 79.9. The second kappa shape index (κ2) is 7.48. The number of carbonyl (C=O) groups is 1. The lowest BCUT2D eigenvalue weighted by Crippen LogP contribution is -2.24. The molecule has 0 radical (unpaired) electrons. The van der Waals surface area contributed by atoms with E-state index in [0.717, 1.165) is 10.9 Å². The van der Waals surface area contributed by atoms with Crippen LogP contribution in [0.3, 0.4) is 0 Å². The lowest BCUT2D eigenvalue weighted by Gasteiger charge is -2.21. The van der Waals surface area contributed by atoms with Gasteiger partial charge in [0.05, 0.1) is 18.6 Å². The first-order chi connectivity index (χ1) is 8.60. The molecule has 0 aliphatic carbocycles.